The molecule has 0 spiro atoms. The molecule has 11 heteroatoms. The monoisotopic (exact) mass is 450 g/mol. The van der Waals surface area contributed by atoms with Crippen LogP contribution < -0.4 is 16.4 Å². The number of nitrogens with one attached hydrogen (secondary N) is 3. The Bertz CT molecular complexity index is 1310. The van der Waals surface area contributed by atoms with E-state index >= 15 is 0 Å². The molecule has 2 saturated heterocycles. The third-order valence-electron chi connectivity index (χ3n) is 7.14. The highest BCUT2D eigenvalue weighted by Crippen LogP contribution is 2.55. The molecule has 1 unspecified atom stereocenters. The quantitative estimate of drug-likeness (QED) is 0.373. The fourth-order valence-electron chi connectivity index (χ4n) is 5.61. The molecular weight excluding hydrogens is 428 g/mol. The van der Waals surface area contributed by atoms with Crippen LogP contribution in [-0.4, -0.2) is 70.8 Å². The highest BCUT2D eigenvalue weighted by Gasteiger charge is 2.72. The number of benzene rings is 1. The first-order chi connectivity index (χ1) is 15.9. The van der Waals surface area contributed by atoms with E-state index in [4.69, 9.17) is 15.2 Å². The molecule has 4 aliphatic rings. The number of amides is 1. The summed E-state index contributed by atoms with van der Waals surface area (Å²) in [6.07, 6.45) is 0.730. The van der Waals surface area contributed by atoms with Gasteiger partial charge in [0.2, 0.25) is 11.6 Å². The van der Waals surface area contributed by atoms with E-state index in [1.54, 1.807) is 26.3 Å². The Hall–Kier alpha value is -3.70. The first kappa shape index (κ1) is 19.9. The Morgan fingerprint density at radius 1 is 1.36 bits per heavy atom. The second kappa shape index (κ2) is 6.65. The molecule has 6 rings (SSSR count). The van der Waals surface area contributed by atoms with Gasteiger partial charge in [-0.3, -0.25) is 14.7 Å². The van der Waals surface area contributed by atoms with Gasteiger partial charge in [0.25, 0.3) is 0 Å². The number of hydrogen-bond acceptors (Lipinski definition) is 9. The average Bonchev–Trinajstić information content (AvgIpc) is 3.17. The van der Waals surface area contributed by atoms with Crippen LogP contribution in [0.1, 0.15) is 6.92 Å². The van der Waals surface area contributed by atoms with Crippen LogP contribution in [0.4, 0.5) is 10.5 Å². The average molecular weight is 450 g/mol. The Morgan fingerprint density at radius 2 is 2.18 bits per heavy atom. The van der Waals surface area contributed by atoms with Crippen molar-refractivity contribution in [3.8, 4) is 0 Å². The number of carbonyl (C=O) groups excluding carboxylic acids is 3. The predicted octanol–water partition coefficient (Wildman–Crippen LogP) is 0.379. The topological polar surface area (TPSA) is 162 Å². The normalized spacial score (nSPS) is 30.0. The van der Waals surface area contributed by atoms with Crippen LogP contribution in [0.3, 0.4) is 0 Å². The summed E-state index contributed by atoms with van der Waals surface area (Å²) in [6, 6.07) is 5.54. The number of methoxy groups -OCH3 is 1. The summed E-state index contributed by atoms with van der Waals surface area (Å²) < 4.78 is 11.1. The number of ether oxygens (including phenoxy) is 2. The molecule has 1 aromatic carbocycles. The van der Waals surface area contributed by atoms with Gasteiger partial charge in [0.1, 0.15) is 6.61 Å². The Balaban J connectivity index is 1.41. The number of nitrogens with zero attached hydrogens (tertiary/aromatic N) is 2. The summed E-state index contributed by atoms with van der Waals surface area (Å²) in [5.74, 6) is -1.25. The van der Waals surface area contributed by atoms with Crippen LogP contribution >= 0.6 is 0 Å². The van der Waals surface area contributed by atoms with Crippen molar-refractivity contribution in [2.45, 2.75) is 24.7 Å². The summed E-state index contributed by atoms with van der Waals surface area (Å²) in [5, 5.41) is 14.2. The first-order valence-electron chi connectivity index (χ1n) is 10.6. The van der Waals surface area contributed by atoms with Crippen molar-refractivity contribution in [3.05, 3.63) is 46.9 Å². The van der Waals surface area contributed by atoms with Crippen LogP contribution in [0.5, 0.6) is 0 Å². The van der Waals surface area contributed by atoms with Gasteiger partial charge in [0, 0.05) is 41.9 Å². The van der Waals surface area contributed by atoms with E-state index in [2.05, 4.69) is 20.8 Å². The largest absolute Gasteiger partial charge is 0.449 e. The number of Topliss-reactive ketones (excluding diaryl/α,β-unsaturated/α-hetero) is 2. The number of hydrogen-bond donors (Lipinski definition) is 4. The van der Waals surface area contributed by atoms with Crippen molar-refractivity contribution in [1.29, 1.82) is 0 Å². The second-order valence-electron chi connectivity index (χ2n) is 8.72. The molecule has 1 aromatic heterocycles. The highest BCUT2D eigenvalue weighted by molar-refractivity contribution is 6.26. The lowest BCUT2D eigenvalue weighted by Crippen LogP contribution is -2.55. The molecule has 5 N–H and O–H groups in total. The lowest BCUT2D eigenvalue weighted by molar-refractivity contribution is -0.137. The lowest BCUT2D eigenvalue weighted by Gasteiger charge is -2.39. The van der Waals surface area contributed by atoms with Crippen molar-refractivity contribution in [3.63, 3.8) is 0 Å². The number of primary amides is 1. The van der Waals surface area contributed by atoms with E-state index in [9.17, 15) is 14.4 Å². The van der Waals surface area contributed by atoms with Crippen molar-refractivity contribution in [2.75, 3.05) is 25.6 Å². The summed E-state index contributed by atoms with van der Waals surface area (Å²) >= 11 is 0. The lowest BCUT2D eigenvalue weighted by atomic mass is 9.82. The van der Waals surface area contributed by atoms with E-state index in [1.165, 1.54) is 0 Å². The number of nitrogens with two attached hydrogens (primary N) is 1. The zero-order valence-electron chi connectivity index (χ0n) is 18.0. The molecule has 1 amide bonds. The van der Waals surface area contributed by atoms with Gasteiger partial charge < -0.3 is 30.7 Å². The highest BCUT2D eigenvalue weighted by atomic mass is 16.6. The van der Waals surface area contributed by atoms with Crippen LogP contribution in [0.15, 0.2) is 46.9 Å². The number of allylic oxidation sites excluding steroid dienone is 2. The smallest absolute Gasteiger partial charge is 0.404 e. The second-order valence-corrected chi connectivity index (χ2v) is 8.72. The third-order valence-corrected chi connectivity index (χ3v) is 7.14. The van der Waals surface area contributed by atoms with Crippen molar-refractivity contribution < 1.29 is 23.9 Å². The summed E-state index contributed by atoms with van der Waals surface area (Å²) in [6.45, 7) is 1.99. The van der Waals surface area contributed by atoms with Gasteiger partial charge in [-0.25, -0.2) is 4.79 Å². The number of aromatic nitrogens is 2. The minimum Gasteiger partial charge on any atom is -0.449 e. The van der Waals surface area contributed by atoms with E-state index < -0.39 is 17.7 Å². The van der Waals surface area contributed by atoms with E-state index in [1.807, 2.05) is 17.0 Å². The molecule has 0 bridgehead atoms. The van der Waals surface area contributed by atoms with E-state index in [-0.39, 0.29) is 41.5 Å². The number of rotatable bonds is 5. The standard InChI is InChI=1S/C22H22N6O5/c1-9-16(25-11-3-4-13-10(5-11)6-24-27-13)19(30)15-12(8-33-21(23)31)22(32-2)20-14(26-20)7-28(22)17(15)18(9)29/h3-6,12,14,20,25-26H,7-8H2,1-2H3,(H2,23,31)(H,24,27)/t12-,14+,20+,22?/m0/s1. The SMILES string of the molecule is COC12[C@@H]3N[C@@H]3CN1C1=C(C(=O)C(Nc3ccc4[nH]ncc4c3)=C(C)C1=O)[C@@H]2COC(N)=O. The van der Waals surface area contributed by atoms with Crippen LogP contribution in [0, 0.1) is 5.92 Å². The Kier molecular flexibility index (Phi) is 4.02. The molecular formula is C22H22N6O5. The molecule has 2 fully saturated rings. The maximum Gasteiger partial charge on any atom is 0.404 e. The first-order valence-corrected chi connectivity index (χ1v) is 10.6. The van der Waals surface area contributed by atoms with Crippen molar-refractivity contribution >= 4 is 34.3 Å². The van der Waals surface area contributed by atoms with E-state index in [0.717, 1.165) is 10.9 Å². The molecule has 0 saturated carbocycles. The number of carbonyl (C=O) groups is 3. The van der Waals surface area contributed by atoms with Crippen LogP contribution in [-0.2, 0) is 19.1 Å². The summed E-state index contributed by atoms with van der Waals surface area (Å²) in [5.41, 5.74) is 6.86. The molecule has 33 heavy (non-hydrogen) atoms. The van der Waals surface area contributed by atoms with Gasteiger partial charge in [-0.1, -0.05) is 0 Å². The van der Waals surface area contributed by atoms with Crippen molar-refractivity contribution in [1.82, 2.24) is 20.4 Å². The number of anilines is 1. The van der Waals surface area contributed by atoms with Crippen LogP contribution in [0.25, 0.3) is 10.9 Å². The predicted molar refractivity (Wildman–Crippen MR) is 116 cm³/mol. The van der Waals surface area contributed by atoms with E-state index in [0.29, 0.717) is 23.5 Å². The van der Waals surface area contributed by atoms with Crippen molar-refractivity contribution in [2.24, 2.45) is 11.7 Å². The summed E-state index contributed by atoms with van der Waals surface area (Å²) in [4.78, 5) is 40.7. The van der Waals surface area contributed by atoms with Gasteiger partial charge in [-0.2, -0.15) is 5.10 Å². The molecule has 11 nitrogen and oxygen atoms in total. The van der Waals surface area contributed by atoms with Gasteiger partial charge in [0.15, 0.2) is 5.72 Å². The molecule has 0 radical (unpaired) electrons. The fraction of sp³-hybridized carbons (Fsp3) is 0.364. The molecule has 170 valence electrons. The molecule has 1 aliphatic carbocycles. The third kappa shape index (κ3) is 2.57. The van der Waals surface area contributed by atoms with Crippen LogP contribution in [0.2, 0.25) is 0 Å². The number of aromatic amines is 1. The van der Waals surface area contributed by atoms with Gasteiger partial charge >= 0.3 is 6.09 Å². The van der Waals surface area contributed by atoms with Gasteiger partial charge in [-0.15, -0.1) is 0 Å². The minimum absolute atomic E-state index is 0.0876. The number of ketones is 2. The number of fused-ring (bicyclic) bond motifs is 5. The molecule has 3 aliphatic heterocycles. The zero-order valence-corrected chi connectivity index (χ0v) is 18.0. The van der Waals surface area contributed by atoms with Gasteiger partial charge in [0.05, 0.1) is 35.1 Å². The minimum atomic E-state index is -0.998. The Labute approximate surface area is 187 Å². The molecule has 4 atom stereocenters. The number of piperazine rings is 1. The summed E-state index contributed by atoms with van der Waals surface area (Å²) in [7, 11) is 1.54. The molecule has 2 aromatic rings. The number of H-pyrrole nitrogens is 1. The van der Waals surface area contributed by atoms with Gasteiger partial charge in [-0.05, 0) is 25.1 Å². The zero-order chi connectivity index (χ0) is 23.1. The molecule has 4 heterocycles. The maximum absolute atomic E-state index is 13.8. The Morgan fingerprint density at radius 3 is 2.94 bits per heavy atom. The fourth-order valence-corrected chi connectivity index (χ4v) is 5.61. The maximum atomic E-state index is 13.8.